The Bertz CT molecular complexity index is 865. The summed E-state index contributed by atoms with van der Waals surface area (Å²) < 4.78 is 11.1. The van der Waals surface area contributed by atoms with E-state index in [1.54, 1.807) is 6.20 Å². The van der Waals surface area contributed by atoms with Gasteiger partial charge in [-0.1, -0.05) is 18.2 Å². The highest BCUT2D eigenvalue weighted by Gasteiger charge is 2.22. The van der Waals surface area contributed by atoms with E-state index in [0.717, 1.165) is 10.9 Å². The molecular weight excluding hydrogens is 306 g/mol. The molecule has 1 fully saturated rings. The zero-order chi connectivity index (χ0) is 16.4. The first-order valence-corrected chi connectivity index (χ1v) is 7.99. The van der Waals surface area contributed by atoms with Crippen molar-refractivity contribution in [3.05, 3.63) is 54.4 Å². The summed E-state index contributed by atoms with van der Waals surface area (Å²) in [4.78, 5) is 20.5. The van der Waals surface area contributed by atoms with Gasteiger partial charge < -0.3 is 14.5 Å². The third-order valence-corrected chi connectivity index (χ3v) is 3.98. The Morgan fingerprint density at radius 3 is 3.04 bits per heavy atom. The minimum absolute atomic E-state index is 0.144. The van der Waals surface area contributed by atoms with E-state index in [2.05, 4.69) is 15.3 Å². The van der Waals surface area contributed by atoms with Crippen LogP contribution in [0.5, 0.6) is 5.75 Å². The molecule has 6 heteroatoms. The van der Waals surface area contributed by atoms with Gasteiger partial charge >= 0.3 is 0 Å². The molecule has 1 saturated carbocycles. The molecule has 0 bridgehead atoms. The third-order valence-electron chi connectivity index (χ3n) is 3.98. The van der Waals surface area contributed by atoms with Gasteiger partial charge in [0, 0.05) is 18.1 Å². The molecular formula is C18H17N3O3. The molecule has 1 aliphatic carbocycles. The van der Waals surface area contributed by atoms with E-state index in [4.69, 9.17) is 9.15 Å². The van der Waals surface area contributed by atoms with Gasteiger partial charge in [0.05, 0.1) is 0 Å². The first-order chi connectivity index (χ1) is 11.8. The number of hydrogen-bond acceptors (Lipinski definition) is 5. The summed E-state index contributed by atoms with van der Waals surface area (Å²) in [5, 5.41) is 3.86. The molecule has 1 aliphatic rings. The maximum absolute atomic E-state index is 12.0. The Kier molecular flexibility index (Phi) is 3.86. The Labute approximate surface area is 138 Å². The van der Waals surface area contributed by atoms with Crippen LogP contribution in [0.3, 0.4) is 0 Å². The molecule has 0 aliphatic heterocycles. The lowest BCUT2D eigenvalue weighted by Crippen LogP contribution is -2.25. The molecule has 1 aromatic carbocycles. The summed E-state index contributed by atoms with van der Waals surface area (Å²) >= 11 is 0. The van der Waals surface area contributed by atoms with Gasteiger partial charge in [-0.2, -0.15) is 0 Å². The second kappa shape index (κ2) is 6.31. The molecule has 3 aromatic rings. The first-order valence-electron chi connectivity index (χ1n) is 7.99. The fourth-order valence-electron chi connectivity index (χ4n) is 2.46. The van der Waals surface area contributed by atoms with E-state index < -0.39 is 0 Å². The van der Waals surface area contributed by atoms with Gasteiger partial charge in [0.15, 0.2) is 12.3 Å². The van der Waals surface area contributed by atoms with E-state index >= 15 is 0 Å². The largest absolute Gasteiger partial charge is 0.482 e. The van der Waals surface area contributed by atoms with E-state index in [0.29, 0.717) is 24.1 Å². The van der Waals surface area contributed by atoms with Crippen molar-refractivity contribution in [2.24, 2.45) is 5.92 Å². The number of fused-ring (bicyclic) bond motifs is 1. The van der Waals surface area contributed by atoms with Crippen LogP contribution in [0.25, 0.3) is 10.9 Å². The van der Waals surface area contributed by atoms with Crippen LogP contribution in [0, 0.1) is 5.92 Å². The summed E-state index contributed by atoms with van der Waals surface area (Å²) in [6.07, 6.45) is 5.47. The van der Waals surface area contributed by atoms with Crippen LogP contribution >= 0.6 is 0 Å². The van der Waals surface area contributed by atoms with Crippen LogP contribution in [0.4, 0.5) is 0 Å². The van der Waals surface area contributed by atoms with Crippen molar-refractivity contribution in [2.75, 3.05) is 6.54 Å². The summed E-state index contributed by atoms with van der Waals surface area (Å²) in [5.41, 5.74) is 1.07. The van der Waals surface area contributed by atoms with Crippen molar-refractivity contribution < 1.29 is 13.9 Å². The highest BCUT2D eigenvalue weighted by atomic mass is 16.5. The standard InChI is InChI=1S/C18H17N3O3/c22-18(20-9-12-6-7-12)14-10-24-16(21-14)11-23-15-5-1-3-13-4-2-8-19-17(13)15/h1-5,8,10,12H,6-7,9,11H2,(H,20,22). The van der Waals surface area contributed by atoms with Crippen LogP contribution in [0.2, 0.25) is 0 Å². The number of rotatable bonds is 6. The lowest BCUT2D eigenvalue weighted by molar-refractivity contribution is 0.0946. The second-order valence-corrected chi connectivity index (χ2v) is 5.90. The number of nitrogens with zero attached hydrogens (tertiary/aromatic N) is 2. The Hall–Kier alpha value is -2.89. The molecule has 122 valence electrons. The van der Waals surface area contributed by atoms with Crippen molar-refractivity contribution >= 4 is 16.8 Å². The third kappa shape index (κ3) is 3.22. The predicted molar refractivity (Wildman–Crippen MR) is 87.6 cm³/mol. The minimum atomic E-state index is -0.205. The molecule has 0 saturated heterocycles. The van der Waals surface area contributed by atoms with Crippen molar-refractivity contribution in [3.63, 3.8) is 0 Å². The number of para-hydroxylation sites is 1. The smallest absolute Gasteiger partial charge is 0.273 e. The van der Waals surface area contributed by atoms with Crippen molar-refractivity contribution in [1.82, 2.24) is 15.3 Å². The Morgan fingerprint density at radius 1 is 1.29 bits per heavy atom. The number of carbonyl (C=O) groups excluding carboxylic acids is 1. The quantitative estimate of drug-likeness (QED) is 0.754. The Balaban J connectivity index is 1.41. The SMILES string of the molecule is O=C(NCC1CC1)c1coc(COc2cccc3cccnc23)n1. The van der Waals surface area contributed by atoms with E-state index in [-0.39, 0.29) is 18.2 Å². The zero-order valence-corrected chi connectivity index (χ0v) is 13.1. The van der Waals surface area contributed by atoms with Gasteiger partial charge in [-0.3, -0.25) is 9.78 Å². The van der Waals surface area contributed by atoms with Gasteiger partial charge in [0.1, 0.15) is 17.5 Å². The topological polar surface area (TPSA) is 77.2 Å². The van der Waals surface area contributed by atoms with Gasteiger partial charge in [-0.25, -0.2) is 4.98 Å². The first kappa shape index (κ1) is 14.7. The molecule has 0 spiro atoms. The minimum Gasteiger partial charge on any atom is -0.482 e. The molecule has 6 nitrogen and oxygen atoms in total. The van der Waals surface area contributed by atoms with Crippen molar-refractivity contribution in [3.8, 4) is 5.75 Å². The molecule has 0 radical (unpaired) electrons. The van der Waals surface area contributed by atoms with E-state index in [1.165, 1.54) is 19.1 Å². The summed E-state index contributed by atoms with van der Waals surface area (Å²) in [7, 11) is 0. The maximum Gasteiger partial charge on any atom is 0.273 e. The fourth-order valence-corrected chi connectivity index (χ4v) is 2.46. The molecule has 0 unspecified atom stereocenters. The Morgan fingerprint density at radius 2 is 2.17 bits per heavy atom. The molecule has 4 rings (SSSR count). The summed E-state index contributed by atoms with van der Waals surface area (Å²) in [6, 6.07) is 9.59. The number of ether oxygens (including phenoxy) is 1. The molecule has 1 amide bonds. The molecule has 24 heavy (non-hydrogen) atoms. The molecule has 2 heterocycles. The number of oxazole rings is 1. The van der Waals surface area contributed by atoms with Crippen LogP contribution in [0.15, 0.2) is 47.2 Å². The zero-order valence-electron chi connectivity index (χ0n) is 13.1. The average Bonchev–Trinajstić information content (AvgIpc) is 3.33. The average molecular weight is 323 g/mol. The number of amides is 1. The van der Waals surface area contributed by atoms with Gasteiger partial charge in [-0.15, -0.1) is 0 Å². The normalized spacial score (nSPS) is 13.8. The van der Waals surface area contributed by atoms with E-state index in [1.807, 2.05) is 30.3 Å². The maximum atomic E-state index is 12.0. The van der Waals surface area contributed by atoms with Crippen LogP contribution in [0.1, 0.15) is 29.2 Å². The highest BCUT2D eigenvalue weighted by molar-refractivity contribution is 5.91. The number of carbonyl (C=O) groups is 1. The number of aromatic nitrogens is 2. The van der Waals surface area contributed by atoms with Crippen molar-refractivity contribution in [2.45, 2.75) is 19.4 Å². The number of nitrogens with one attached hydrogen (secondary N) is 1. The summed E-state index contributed by atoms with van der Waals surface area (Å²) in [5.74, 6) is 1.44. The van der Waals surface area contributed by atoms with Gasteiger partial charge in [0.2, 0.25) is 5.89 Å². The predicted octanol–water partition coefficient (Wildman–Crippen LogP) is 2.94. The lowest BCUT2D eigenvalue weighted by Gasteiger charge is -2.06. The van der Waals surface area contributed by atoms with Crippen LogP contribution < -0.4 is 10.1 Å². The molecule has 0 atom stereocenters. The number of pyridine rings is 1. The lowest BCUT2D eigenvalue weighted by atomic mass is 10.2. The molecule has 1 N–H and O–H groups in total. The number of hydrogen-bond donors (Lipinski definition) is 1. The van der Waals surface area contributed by atoms with E-state index in [9.17, 15) is 4.79 Å². The molecule has 2 aromatic heterocycles. The second-order valence-electron chi connectivity index (χ2n) is 5.90. The van der Waals surface area contributed by atoms with Gasteiger partial charge in [-0.05, 0) is 30.9 Å². The van der Waals surface area contributed by atoms with Gasteiger partial charge in [0.25, 0.3) is 5.91 Å². The monoisotopic (exact) mass is 323 g/mol. The van der Waals surface area contributed by atoms with Crippen molar-refractivity contribution in [1.29, 1.82) is 0 Å². The summed E-state index contributed by atoms with van der Waals surface area (Å²) in [6.45, 7) is 0.852. The van der Waals surface area contributed by atoms with Crippen LogP contribution in [-0.4, -0.2) is 22.4 Å². The fraction of sp³-hybridized carbons (Fsp3) is 0.278. The van der Waals surface area contributed by atoms with Crippen LogP contribution in [-0.2, 0) is 6.61 Å². The highest BCUT2D eigenvalue weighted by Crippen LogP contribution is 2.27. The number of benzene rings is 1.